The Balaban J connectivity index is 1.51. The monoisotopic (exact) mass is 507 g/mol. The van der Waals surface area contributed by atoms with Crippen LogP contribution in [0.25, 0.3) is 11.3 Å². The number of nitrogens with one attached hydrogen (secondary N) is 2. The number of anilines is 2. The van der Waals surface area contributed by atoms with Gasteiger partial charge in [-0.25, -0.2) is 18.2 Å². The molecule has 1 heterocycles. The molecule has 4 aromatic rings. The number of hydrogen-bond donors (Lipinski definition) is 2. The number of benzene rings is 3. The first-order chi connectivity index (χ1) is 16.9. The van der Waals surface area contributed by atoms with Crippen LogP contribution in [0.3, 0.4) is 0 Å². The Bertz CT molecular complexity index is 1440. The minimum atomic E-state index is -3.74. The van der Waals surface area contributed by atoms with E-state index in [0.717, 1.165) is 16.9 Å². The molecular weight excluding hydrogens is 486 g/mol. The Morgan fingerprint density at radius 2 is 1.54 bits per heavy atom. The zero-order valence-electron chi connectivity index (χ0n) is 18.6. The summed E-state index contributed by atoms with van der Waals surface area (Å²) < 4.78 is 32.6. The highest BCUT2D eigenvalue weighted by molar-refractivity contribution is 7.92. The van der Waals surface area contributed by atoms with E-state index in [1.165, 1.54) is 36.4 Å². The minimum Gasteiger partial charge on any atom is -0.462 e. The van der Waals surface area contributed by atoms with E-state index in [-0.39, 0.29) is 16.6 Å². The lowest BCUT2D eigenvalue weighted by Crippen LogP contribution is -2.14. The molecule has 8 nitrogen and oxygen atoms in total. The maximum absolute atomic E-state index is 12.8. The maximum Gasteiger partial charge on any atom is 0.350 e. The number of aromatic nitrogens is 1. The molecule has 1 amide bonds. The van der Waals surface area contributed by atoms with Crippen LogP contribution in [-0.4, -0.2) is 31.9 Å². The number of thiazole rings is 1. The maximum atomic E-state index is 12.8. The highest BCUT2D eigenvalue weighted by atomic mass is 32.2. The molecule has 178 valence electrons. The summed E-state index contributed by atoms with van der Waals surface area (Å²) in [5.74, 6) is -0.967. The van der Waals surface area contributed by atoms with Gasteiger partial charge in [0.2, 0.25) is 0 Å². The van der Waals surface area contributed by atoms with Crippen molar-refractivity contribution in [3.05, 3.63) is 95.4 Å². The van der Waals surface area contributed by atoms with Gasteiger partial charge in [0.05, 0.1) is 17.2 Å². The second-order valence-corrected chi connectivity index (χ2v) is 9.91. The number of ether oxygens (including phenoxy) is 1. The SMILES string of the molecule is CCOC(=O)c1sc(NC(=O)c2ccc(NS(=O)(=O)c3ccccc3)cc2)nc1-c1ccccc1. The zero-order chi connectivity index (χ0) is 24.8. The summed E-state index contributed by atoms with van der Waals surface area (Å²) in [4.78, 5) is 30.1. The molecule has 0 atom stereocenters. The standard InChI is InChI=1S/C25H21N3O5S2/c1-2-33-24(30)22-21(17-9-5-3-6-10-17)26-25(34-22)27-23(29)18-13-15-19(16-14-18)28-35(31,32)20-11-7-4-8-12-20/h3-16,28H,2H2,1H3,(H,26,27,29). The van der Waals surface area contributed by atoms with Gasteiger partial charge in [0.1, 0.15) is 4.88 Å². The van der Waals surface area contributed by atoms with Crippen molar-refractivity contribution >= 4 is 44.1 Å². The third-order valence-electron chi connectivity index (χ3n) is 4.81. The highest BCUT2D eigenvalue weighted by Gasteiger charge is 2.22. The molecule has 0 fully saturated rings. The molecule has 4 rings (SSSR count). The van der Waals surface area contributed by atoms with Crippen LogP contribution in [0, 0.1) is 0 Å². The van der Waals surface area contributed by atoms with Gasteiger partial charge in [-0.05, 0) is 43.3 Å². The van der Waals surface area contributed by atoms with E-state index in [0.29, 0.717) is 21.8 Å². The fraction of sp³-hybridized carbons (Fsp3) is 0.0800. The second kappa shape index (κ2) is 10.5. The van der Waals surface area contributed by atoms with Crippen LogP contribution < -0.4 is 10.0 Å². The molecule has 0 unspecified atom stereocenters. The van der Waals surface area contributed by atoms with Gasteiger partial charge in [0.25, 0.3) is 15.9 Å². The van der Waals surface area contributed by atoms with Gasteiger partial charge in [-0.2, -0.15) is 0 Å². The third kappa shape index (κ3) is 5.73. The number of rotatable bonds is 8. The van der Waals surface area contributed by atoms with Crippen molar-refractivity contribution in [1.29, 1.82) is 0 Å². The third-order valence-corrected chi connectivity index (χ3v) is 7.16. The summed E-state index contributed by atoms with van der Waals surface area (Å²) in [5, 5.41) is 2.94. The van der Waals surface area contributed by atoms with Gasteiger partial charge in [0.15, 0.2) is 5.13 Å². The van der Waals surface area contributed by atoms with Gasteiger partial charge < -0.3 is 4.74 Å². The minimum absolute atomic E-state index is 0.136. The first-order valence-electron chi connectivity index (χ1n) is 10.6. The summed E-state index contributed by atoms with van der Waals surface area (Å²) in [7, 11) is -3.74. The van der Waals surface area contributed by atoms with E-state index in [1.54, 1.807) is 25.1 Å². The fourth-order valence-corrected chi connectivity index (χ4v) is 5.13. The van der Waals surface area contributed by atoms with E-state index in [9.17, 15) is 18.0 Å². The average Bonchev–Trinajstić information content (AvgIpc) is 3.29. The largest absolute Gasteiger partial charge is 0.462 e. The first-order valence-corrected chi connectivity index (χ1v) is 12.9. The van der Waals surface area contributed by atoms with Crippen LogP contribution in [0.4, 0.5) is 10.8 Å². The van der Waals surface area contributed by atoms with Crippen molar-refractivity contribution in [2.24, 2.45) is 0 Å². The van der Waals surface area contributed by atoms with Crippen LogP contribution in [-0.2, 0) is 14.8 Å². The Morgan fingerprint density at radius 1 is 0.914 bits per heavy atom. The van der Waals surface area contributed by atoms with Gasteiger partial charge >= 0.3 is 5.97 Å². The first kappa shape index (κ1) is 24.1. The van der Waals surface area contributed by atoms with E-state index in [4.69, 9.17) is 4.74 Å². The molecule has 3 aromatic carbocycles. The lowest BCUT2D eigenvalue weighted by molar-refractivity contribution is 0.0532. The Hall–Kier alpha value is -4.02. The Labute approximate surface area is 206 Å². The molecule has 0 saturated heterocycles. The number of carbonyl (C=O) groups excluding carboxylic acids is 2. The van der Waals surface area contributed by atoms with Gasteiger partial charge in [-0.15, -0.1) is 0 Å². The van der Waals surface area contributed by atoms with E-state index in [1.807, 2.05) is 30.3 Å². The predicted molar refractivity (Wildman–Crippen MR) is 135 cm³/mol. The lowest BCUT2D eigenvalue weighted by Gasteiger charge is -2.08. The van der Waals surface area contributed by atoms with Crippen LogP contribution in [0.1, 0.15) is 27.0 Å². The topological polar surface area (TPSA) is 114 Å². The van der Waals surface area contributed by atoms with Crippen molar-refractivity contribution in [1.82, 2.24) is 4.98 Å². The number of hydrogen-bond acceptors (Lipinski definition) is 7. The summed E-state index contributed by atoms with van der Waals surface area (Å²) in [6, 6.07) is 23.1. The highest BCUT2D eigenvalue weighted by Crippen LogP contribution is 2.32. The average molecular weight is 508 g/mol. The molecule has 0 aliphatic heterocycles. The molecule has 0 radical (unpaired) electrons. The van der Waals surface area contributed by atoms with E-state index >= 15 is 0 Å². The number of sulfonamides is 1. The van der Waals surface area contributed by atoms with Gasteiger partial charge in [-0.3, -0.25) is 14.8 Å². The van der Waals surface area contributed by atoms with Crippen molar-refractivity contribution in [2.45, 2.75) is 11.8 Å². The van der Waals surface area contributed by atoms with Crippen LogP contribution in [0.15, 0.2) is 89.8 Å². The lowest BCUT2D eigenvalue weighted by atomic mass is 10.1. The molecule has 0 aliphatic rings. The van der Waals surface area contributed by atoms with Crippen molar-refractivity contribution < 1.29 is 22.7 Å². The normalized spacial score (nSPS) is 11.0. The summed E-state index contributed by atoms with van der Waals surface area (Å²) in [6.07, 6.45) is 0. The quantitative estimate of drug-likeness (QED) is 0.323. The van der Waals surface area contributed by atoms with Crippen LogP contribution >= 0.6 is 11.3 Å². The number of amides is 1. The van der Waals surface area contributed by atoms with Crippen molar-refractivity contribution in [2.75, 3.05) is 16.6 Å². The molecule has 1 aromatic heterocycles. The molecule has 0 saturated carbocycles. The predicted octanol–water partition coefficient (Wildman–Crippen LogP) is 5.04. The Kier molecular flexibility index (Phi) is 7.23. The summed E-state index contributed by atoms with van der Waals surface area (Å²) in [5.41, 5.74) is 1.76. The van der Waals surface area contributed by atoms with Gasteiger partial charge in [0, 0.05) is 16.8 Å². The fourth-order valence-electron chi connectivity index (χ4n) is 3.17. The molecule has 0 spiro atoms. The second-order valence-electron chi connectivity index (χ2n) is 7.23. The number of carbonyl (C=O) groups is 2. The van der Waals surface area contributed by atoms with E-state index < -0.39 is 21.9 Å². The van der Waals surface area contributed by atoms with Crippen molar-refractivity contribution in [3.63, 3.8) is 0 Å². The molecule has 0 bridgehead atoms. The Morgan fingerprint density at radius 3 is 2.17 bits per heavy atom. The molecule has 10 heteroatoms. The van der Waals surface area contributed by atoms with Crippen LogP contribution in [0.5, 0.6) is 0 Å². The summed E-state index contributed by atoms with van der Waals surface area (Å²) >= 11 is 1.02. The number of esters is 1. The van der Waals surface area contributed by atoms with Crippen molar-refractivity contribution in [3.8, 4) is 11.3 Å². The molecule has 35 heavy (non-hydrogen) atoms. The number of nitrogens with zero attached hydrogens (tertiary/aromatic N) is 1. The van der Waals surface area contributed by atoms with Gasteiger partial charge in [-0.1, -0.05) is 59.9 Å². The molecular formula is C25H21N3O5S2. The van der Waals surface area contributed by atoms with Crippen LogP contribution in [0.2, 0.25) is 0 Å². The molecule has 2 N–H and O–H groups in total. The van der Waals surface area contributed by atoms with E-state index in [2.05, 4.69) is 15.0 Å². The smallest absolute Gasteiger partial charge is 0.350 e. The molecule has 0 aliphatic carbocycles. The summed E-state index contributed by atoms with van der Waals surface area (Å²) in [6.45, 7) is 1.93. The zero-order valence-corrected chi connectivity index (χ0v) is 20.2.